The Labute approximate surface area is 106 Å². The fourth-order valence-corrected chi connectivity index (χ4v) is 2.29. The molecule has 18 heavy (non-hydrogen) atoms. The van der Waals surface area contributed by atoms with Crippen molar-refractivity contribution in [3.05, 3.63) is 23.9 Å². The molecule has 96 valence electrons. The van der Waals surface area contributed by atoms with Crippen LogP contribution in [-0.4, -0.2) is 43.3 Å². The van der Waals surface area contributed by atoms with Crippen molar-refractivity contribution < 1.29 is 9.26 Å². The number of methoxy groups -OCH3 is 1. The van der Waals surface area contributed by atoms with Crippen molar-refractivity contribution in [3.63, 3.8) is 0 Å². The molecule has 0 radical (unpaired) electrons. The van der Waals surface area contributed by atoms with Crippen LogP contribution in [0.1, 0.15) is 5.69 Å². The lowest BCUT2D eigenvalue weighted by atomic mass is 10.2. The lowest BCUT2D eigenvalue weighted by Crippen LogP contribution is -2.42. The molecule has 1 N–H and O–H groups in total. The Bertz CT molecular complexity index is 532. The Morgan fingerprint density at radius 2 is 2.22 bits per heavy atom. The summed E-state index contributed by atoms with van der Waals surface area (Å²) in [5, 5.41) is 8.57. The van der Waals surface area contributed by atoms with Crippen LogP contribution in [0.3, 0.4) is 0 Å². The van der Waals surface area contributed by atoms with Gasteiger partial charge in [-0.05, 0) is 18.2 Å². The lowest BCUT2D eigenvalue weighted by molar-refractivity contribution is 0.227. The van der Waals surface area contributed by atoms with Gasteiger partial charge in [-0.1, -0.05) is 5.16 Å². The summed E-state index contributed by atoms with van der Waals surface area (Å²) < 4.78 is 10.6. The second kappa shape index (κ2) is 4.96. The highest BCUT2D eigenvalue weighted by Gasteiger charge is 2.15. The van der Waals surface area contributed by atoms with Gasteiger partial charge in [0.15, 0.2) is 5.58 Å². The van der Waals surface area contributed by atoms with Crippen LogP contribution >= 0.6 is 0 Å². The number of hydrogen-bond donors (Lipinski definition) is 1. The van der Waals surface area contributed by atoms with Crippen LogP contribution in [0, 0.1) is 0 Å². The van der Waals surface area contributed by atoms with E-state index >= 15 is 0 Å². The predicted octanol–water partition coefficient (Wildman–Crippen LogP) is 1.24. The molecule has 0 unspecified atom stereocenters. The smallest absolute Gasteiger partial charge is 0.167 e. The molecule has 5 nitrogen and oxygen atoms in total. The monoisotopic (exact) mass is 247 g/mol. The number of nitrogens with zero attached hydrogens (tertiary/aromatic N) is 2. The molecule has 2 aromatic rings. The van der Waals surface area contributed by atoms with Crippen LogP contribution in [0.5, 0.6) is 5.75 Å². The average molecular weight is 247 g/mol. The van der Waals surface area contributed by atoms with Crippen molar-refractivity contribution >= 4 is 11.0 Å². The summed E-state index contributed by atoms with van der Waals surface area (Å²) in [4.78, 5) is 2.38. The van der Waals surface area contributed by atoms with E-state index in [2.05, 4.69) is 15.4 Å². The number of piperazine rings is 1. The Hall–Kier alpha value is -1.59. The molecule has 0 saturated carbocycles. The zero-order valence-corrected chi connectivity index (χ0v) is 10.5. The van der Waals surface area contributed by atoms with Gasteiger partial charge in [-0.3, -0.25) is 4.90 Å². The minimum absolute atomic E-state index is 0.820. The first-order valence-electron chi connectivity index (χ1n) is 6.22. The average Bonchev–Trinajstić information content (AvgIpc) is 2.82. The SMILES string of the molecule is COc1ccc2onc(CN3CCNCC3)c2c1. The molecule has 1 aliphatic rings. The Morgan fingerprint density at radius 3 is 3.00 bits per heavy atom. The van der Waals surface area contributed by atoms with E-state index in [0.29, 0.717) is 0 Å². The molecule has 0 bridgehead atoms. The molecule has 0 atom stereocenters. The Balaban J connectivity index is 1.86. The van der Waals surface area contributed by atoms with Crippen LogP contribution in [0.4, 0.5) is 0 Å². The summed E-state index contributed by atoms with van der Waals surface area (Å²) in [6.07, 6.45) is 0. The van der Waals surface area contributed by atoms with Crippen LogP contribution in [0.2, 0.25) is 0 Å². The molecule has 0 spiro atoms. The highest BCUT2D eigenvalue weighted by Crippen LogP contribution is 2.24. The maximum Gasteiger partial charge on any atom is 0.167 e. The maximum atomic E-state index is 5.34. The van der Waals surface area contributed by atoms with Gasteiger partial charge in [0.05, 0.1) is 7.11 Å². The first-order chi connectivity index (χ1) is 8.86. The van der Waals surface area contributed by atoms with Gasteiger partial charge in [0.1, 0.15) is 11.4 Å². The third kappa shape index (κ3) is 2.19. The van der Waals surface area contributed by atoms with Crippen LogP contribution in [-0.2, 0) is 6.54 Å². The molecular weight excluding hydrogens is 230 g/mol. The van der Waals surface area contributed by atoms with Gasteiger partial charge in [0, 0.05) is 38.1 Å². The van der Waals surface area contributed by atoms with Gasteiger partial charge in [-0.15, -0.1) is 0 Å². The maximum absolute atomic E-state index is 5.34. The zero-order chi connectivity index (χ0) is 12.4. The van der Waals surface area contributed by atoms with Crippen LogP contribution in [0.25, 0.3) is 11.0 Å². The van der Waals surface area contributed by atoms with Gasteiger partial charge in [-0.2, -0.15) is 0 Å². The molecule has 0 aliphatic carbocycles. The molecule has 1 aromatic carbocycles. The van der Waals surface area contributed by atoms with Gasteiger partial charge >= 0.3 is 0 Å². The molecule has 1 saturated heterocycles. The van der Waals surface area contributed by atoms with E-state index in [4.69, 9.17) is 9.26 Å². The minimum Gasteiger partial charge on any atom is -0.497 e. The van der Waals surface area contributed by atoms with Crippen LogP contribution in [0.15, 0.2) is 22.7 Å². The van der Waals surface area contributed by atoms with Crippen molar-refractivity contribution in [3.8, 4) is 5.75 Å². The Morgan fingerprint density at radius 1 is 1.39 bits per heavy atom. The van der Waals surface area contributed by atoms with Gasteiger partial charge < -0.3 is 14.6 Å². The van der Waals surface area contributed by atoms with E-state index in [9.17, 15) is 0 Å². The fourth-order valence-electron chi connectivity index (χ4n) is 2.29. The van der Waals surface area contributed by atoms with Crippen LogP contribution < -0.4 is 10.1 Å². The summed E-state index contributed by atoms with van der Waals surface area (Å²) in [6, 6.07) is 5.79. The molecule has 2 heterocycles. The number of benzene rings is 1. The summed E-state index contributed by atoms with van der Waals surface area (Å²) in [6.45, 7) is 5.02. The summed E-state index contributed by atoms with van der Waals surface area (Å²) in [5.41, 5.74) is 1.81. The topological polar surface area (TPSA) is 50.5 Å². The molecule has 1 aromatic heterocycles. The van der Waals surface area contributed by atoms with Crippen molar-refractivity contribution in [1.82, 2.24) is 15.4 Å². The highest BCUT2D eigenvalue weighted by atomic mass is 16.5. The number of aromatic nitrogens is 1. The van der Waals surface area contributed by atoms with Crippen molar-refractivity contribution in [2.75, 3.05) is 33.3 Å². The van der Waals surface area contributed by atoms with E-state index in [1.165, 1.54) is 0 Å². The van der Waals surface area contributed by atoms with Gasteiger partial charge in [-0.25, -0.2) is 0 Å². The normalized spacial score (nSPS) is 17.2. The van der Waals surface area contributed by atoms with E-state index < -0.39 is 0 Å². The van der Waals surface area contributed by atoms with Gasteiger partial charge in [0.25, 0.3) is 0 Å². The third-order valence-corrected chi connectivity index (χ3v) is 3.33. The third-order valence-electron chi connectivity index (χ3n) is 3.33. The van der Waals surface area contributed by atoms with Crippen molar-refractivity contribution in [2.24, 2.45) is 0 Å². The van der Waals surface area contributed by atoms with Crippen molar-refractivity contribution in [1.29, 1.82) is 0 Å². The second-order valence-corrected chi connectivity index (χ2v) is 4.52. The van der Waals surface area contributed by atoms with E-state index in [1.54, 1.807) is 7.11 Å². The van der Waals surface area contributed by atoms with E-state index in [1.807, 2.05) is 18.2 Å². The molecule has 1 fully saturated rings. The van der Waals surface area contributed by atoms with Gasteiger partial charge in [0.2, 0.25) is 0 Å². The largest absolute Gasteiger partial charge is 0.497 e. The Kier molecular flexibility index (Phi) is 3.17. The molecule has 1 aliphatic heterocycles. The fraction of sp³-hybridized carbons (Fsp3) is 0.462. The molecular formula is C13H17N3O2. The van der Waals surface area contributed by atoms with E-state index in [0.717, 1.165) is 55.1 Å². The second-order valence-electron chi connectivity index (χ2n) is 4.52. The standard InChI is InChI=1S/C13H17N3O2/c1-17-10-2-3-13-11(8-10)12(15-18-13)9-16-6-4-14-5-7-16/h2-3,8,14H,4-7,9H2,1H3. The predicted molar refractivity (Wildman–Crippen MR) is 68.7 cm³/mol. The molecule has 5 heteroatoms. The lowest BCUT2D eigenvalue weighted by Gasteiger charge is -2.26. The number of rotatable bonds is 3. The molecule has 3 rings (SSSR count). The minimum atomic E-state index is 0.820. The first kappa shape index (κ1) is 11.5. The highest BCUT2D eigenvalue weighted by molar-refractivity contribution is 5.80. The number of fused-ring (bicyclic) bond motifs is 1. The van der Waals surface area contributed by atoms with Crippen molar-refractivity contribution in [2.45, 2.75) is 6.54 Å². The van der Waals surface area contributed by atoms with E-state index in [-0.39, 0.29) is 0 Å². The summed E-state index contributed by atoms with van der Waals surface area (Å²) >= 11 is 0. The number of hydrogen-bond acceptors (Lipinski definition) is 5. The first-order valence-corrected chi connectivity index (χ1v) is 6.22. The number of nitrogens with one attached hydrogen (secondary N) is 1. The summed E-state index contributed by atoms with van der Waals surface area (Å²) in [5.74, 6) is 0.840. The number of ether oxygens (including phenoxy) is 1. The quantitative estimate of drug-likeness (QED) is 0.884. The summed E-state index contributed by atoms with van der Waals surface area (Å²) in [7, 11) is 1.67. The molecule has 0 amide bonds. The zero-order valence-electron chi connectivity index (χ0n) is 10.5.